The molecule has 1 unspecified atom stereocenters. The van der Waals surface area contributed by atoms with Crippen molar-refractivity contribution in [2.75, 3.05) is 0 Å². The molecule has 32 heavy (non-hydrogen) atoms. The summed E-state index contributed by atoms with van der Waals surface area (Å²) < 4.78 is 0. The summed E-state index contributed by atoms with van der Waals surface area (Å²) in [6.45, 7) is 0. The van der Waals surface area contributed by atoms with Gasteiger partial charge in [0.05, 0.1) is 12.0 Å². The van der Waals surface area contributed by atoms with Gasteiger partial charge in [0, 0.05) is 39.8 Å². The molecular formula is C23H17Cl2N7. The molecule has 0 fully saturated rings. The average molecular weight is 462 g/mol. The summed E-state index contributed by atoms with van der Waals surface area (Å²) in [5.41, 5.74) is 5.38. The van der Waals surface area contributed by atoms with Crippen LogP contribution in [0.5, 0.6) is 0 Å². The minimum atomic E-state index is 0.000515. The Labute approximate surface area is 193 Å². The molecule has 3 aromatic heterocycles. The molecule has 7 nitrogen and oxygen atoms in total. The Kier molecular flexibility index (Phi) is 5.66. The van der Waals surface area contributed by atoms with E-state index in [1.807, 2.05) is 60.7 Å². The monoisotopic (exact) mass is 461 g/mol. The van der Waals surface area contributed by atoms with Gasteiger partial charge in [-0.15, -0.1) is 10.2 Å². The zero-order chi connectivity index (χ0) is 21.9. The van der Waals surface area contributed by atoms with Crippen LogP contribution in [0.25, 0.3) is 22.8 Å². The molecule has 0 aliphatic rings. The number of pyridine rings is 1. The van der Waals surface area contributed by atoms with E-state index in [0.717, 1.165) is 33.8 Å². The fraction of sp³-hybridized carbons (Fsp3) is 0.0870. The van der Waals surface area contributed by atoms with Gasteiger partial charge >= 0.3 is 0 Å². The van der Waals surface area contributed by atoms with E-state index in [1.54, 1.807) is 12.5 Å². The summed E-state index contributed by atoms with van der Waals surface area (Å²) in [5.74, 6) is 0.501. The van der Waals surface area contributed by atoms with Crippen molar-refractivity contribution >= 4 is 23.2 Å². The van der Waals surface area contributed by atoms with E-state index in [9.17, 15) is 0 Å². The van der Waals surface area contributed by atoms with E-state index in [2.05, 4.69) is 35.6 Å². The zero-order valence-electron chi connectivity index (χ0n) is 16.7. The van der Waals surface area contributed by atoms with E-state index < -0.39 is 0 Å². The number of hydrogen-bond acceptors (Lipinski definition) is 5. The number of hydrogen-bond donors (Lipinski definition) is 2. The lowest BCUT2D eigenvalue weighted by Gasteiger charge is -2.19. The number of rotatable bonds is 6. The molecule has 0 spiro atoms. The number of nitrogens with one attached hydrogen (secondary N) is 2. The molecule has 1 atom stereocenters. The first-order chi connectivity index (χ1) is 15.7. The quantitative estimate of drug-likeness (QED) is 0.356. The van der Waals surface area contributed by atoms with Crippen LogP contribution in [-0.4, -0.2) is 35.6 Å². The fourth-order valence-corrected chi connectivity index (χ4v) is 4.14. The first-order valence-electron chi connectivity index (χ1n) is 9.91. The first kappa shape index (κ1) is 20.4. The zero-order valence-corrected chi connectivity index (χ0v) is 18.2. The maximum atomic E-state index is 6.59. The lowest BCUT2D eigenvalue weighted by atomic mass is 9.87. The van der Waals surface area contributed by atoms with Crippen LogP contribution in [0.4, 0.5) is 0 Å². The van der Waals surface area contributed by atoms with Crippen LogP contribution in [0.1, 0.15) is 22.7 Å². The van der Waals surface area contributed by atoms with Crippen molar-refractivity contribution in [2.24, 2.45) is 0 Å². The summed E-state index contributed by atoms with van der Waals surface area (Å²) in [7, 11) is 0. The largest absolute Gasteiger partial charge is 0.348 e. The number of benzene rings is 2. The highest BCUT2D eigenvalue weighted by Gasteiger charge is 2.21. The van der Waals surface area contributed by atoms with Crippen LogP contribution in [0.3, 0.4) is 0 Å². The van der Waals surface area contributed by atoms with Crippen molar-refractivity contribution in [1.82, 2.24) is 35.6 Å². The van der Waals surface area contributed by atoms with Gasteiger partial charge in [0.25, 0.3) is 0 Å². The highest BCUT2D eigenvalue weighted by molar-refractivity contribution is 6.31. The molecule has 0 radical (unpaired) electrons. The summed E-state index contributed by atoms with van der Waals surface area (Å²) in [6, 6.07) is 19.5. The van der Waals surface area contributed by atoms with Crippen molar-refractivity contribution in [3.63, 3.8) is 0 Å². The van der Waals surface area contributed by atoms with Crippen LogP contribution in [0.15, 0.2) is 73.2 Å². The number of nitrogens with zero attached hydrogens (tertiary/aromatic N) is 5. The molecular weight excluding hydrogens is 445 g/mol. The smallest absolute Gasteiger partial charge is 0.204 e. The predicted octanol–water partition coefficient (Wildman–Crippen LogP) is 5.33. The molecule has 0 saturated carbocycles. The fourth-order valence-electron chi connectivity index (χ4n) is 3.74. The van der Waals surface area contributed by atoms with Gasteiger partial charge in [-0.1, -0.05) is 53.5 Å². The second-order valence-corrected chi connectivity index (χ2v) is 8.07. The molecule has 0 bridgehead atoms. The standard InChI is InChI=1S/C23H17Cl2N7/c24-16-7-5-14(6-8-16)18(17-3-1-2-4-19(17)25)12-21-22(28-13-27-21)20-11-15(9-10-26-20)23-29-31-32-30-23/h1-11,13,18H,12H2,(H,27,28)(H,29,30,31,32). The normalized spacial score (nSPS) is 12.1. The van der Waals surface area contributed by atoms with Crippen LogP contribution >= 0.6 is 23.2 Å². The van der Waals surface area contributed by atoms with Crippen LogP contribution in [0.2, 0.25) is 10.0 Å². The Morgan fingerprint density at radius 3 is 2.56 bits per heavy atom. The van der Waals surface area contributed by atoms with Crippen molar-refractivity contribution in [2.45, 2.75) is 12.3 Å². The van der Waals surface area contributed by atoms with Gasteiger partial charge in [-0.05, 0) is 46.7 Å². The molecule has 0 saturated heterocycles. The maximum absolute atomic E-state index is 6.59. The molecule has 5 rings (SSSR count). The Balaban J connectivity index is 1.54. The third-order valence-corrected chi connectivity index (χ3v) is 5.88. The topological polar surface area (TPSA) is 96.0 Å². The van der Waals surface area contributed by atoms with Crippen molar-refractivity contribution < 1.29 is 0 Å². The van der Waals surface area contributed by atoms with Gasteiger partial charge in [0.1, 0.15) is 5.69 Å². The van der Waals surface area contributed by atoms with Gasteiger partial charge in [0.15, 0.2) is 0 Å². The summed E-state index contributed by atoms with van der Waals surface area (Å²) in [6.07, 6.45) is 4.04. The molecule has 3 heterocycles. The third kappa shape index (κ3) is 4.12. The molecule has 2 N–H and O–H groups in total. The minimum Gasteiger partial charge on any atom is -0.348 e. The average Bonchev–Trinajstić information content (AvgIpc) is 3.51. The third-order valence-electron chi connectivity index (χ3n) is 5.29. The lowest BCUT2D eigenvalue weighted by Crippen LogP contribution is -2.07. The lowest BCUT2D eigenvalue weighted by molar-refractivity contribution is 0.789. The van der Waals surface area contributed by atoms with Crippen LogP contribution < -0.4 is 0 Å². The van der Waals surface area contributed by atoms with Gasteiger partial charge in [-0.25, -0.2) is 4.98 Å². The second-order valence-electron chi connectivity index (χ2n) is 7.22. The Bertz CT molecular complexity index is 1330. The highest BCUT2D eigenvalue weighted by atomic mass is 35.5. The van der Waals surface area contributed by atoms with Gasteiger partial charge in [-0.3, -0.25) is 4.98 Å². The number of tetrazole rings is 1. The van der Waals surface area contributed by atoms with Gasteiger partial charge in [0.2, 0.25) is 5.82 Å². The van der Waals surface area contributed by atoms with E-state index in [4.69, 9.17) is 23.2 Å². The molecule has 158 valence electrons. The molecule has 0 amide bonds. The molecule has 2 aromatic carbocycles. The summed E-state index contributed by atoms with van der Waals surface area (Å²) >= 11 is 12.7. The van der Waals surface area contributed by atoms with E-state index in [-0.39, 0.29) is 5.92 Å². The SMILES string of the molecule is Clc1ccc(C(Cc2[nH]cnc2-c2cc(-c3nn[nH]n3)ccn2)c2ccccc2Cl)cc1. The number of aromatic nitrogens is 7. The van der Waals surface area contributed by atoms with Crippen molar-refractivity contribution in [1.29, 1.82) is 0 Å². The van der Waals surface area contributed by atoms with Crippen molar-refractivity contribution in [3.8, 4) is 22.8 Å². The molecule has 5 aromatic rings. The molecule has 9 heteroatoms. The Hall–Kier alpha value is -3.55. The number of aromatic amines is 2. The first-order valence-corrected chi connectivity index (χ1v) is 10.7. The van der Waals surface area contributed by atoms with Gasteiger partial charge in [-0.2, -0.15) is 5.21 Å². The van der Waals surface area contributed by atoms with Crippen molar-refractivity contribution in [3.05, 3.63) is 100 Å². The van der Waals surface area contributed by atoms with Crippen LogP contribution in [0, 0.1) is 0 Å². The molecule has 0 aliphatic heterocycles. The summed E-state index contributed by atoms with van der Waals surface area (Å²) in [4.78, 5) is 12.4. The van der Waals surface area contributed by atoms with E-state index in [0.29, 0.717) is 22.3 Å². The second kappa shape index (κ2) is 8.90. The predicted molar refractivity (Wildman–Crippen MR) is 123 cm³/mol. The number of imidazole rings is 1. The number of halogens is 2. The highest BCUT2D eigenvalue weighted by Crippen LogP contribution is 2.35. The Morgan fingerprint density at radius 2 is 1.78 bits per heavy atom. The van der Waals surface area contributed by atoms with E-state index in [1.165, 1.54) is 0 Å². The summed E-state index contributed by atoms with van der Waals surface area (Å²) in [5, 5.41) is 15.6. The Morgan fingerprint density at radius 1 is 0.938 bits per heavy atom. The van der Waals surface area contributed by atoms with Gasteiger partial charge < -0.3 is 4.98 Å². The van der Waals surface area contributed by atoms with Crippen LogP contribution in [-0.2, 0) is 6.42 Å². The minimum absolute atomic E-state index is 0.000515. The molecule has 0 aliphatic carbocycles. The van der Waals surface area contributed by atoms with E-state index >= 15 is 0 Å². The maximum Gasteiger partial charge on any atom is 0.204 e. The number of H-pyrrole nitrogens is 2.